The Morgan fingerprint density at radius 1 is 1.05 bits per heavy atom. The van der Waals surface area contributed by atoms with Crippen molar-refractivity contribution in [2.45, 2.75) is 25.9 Å². The second-order valence-electron chi connectivity index (χ2n) is 10.2. The quantitative estimate of drug-likeness (QED) is 0.186. The summed E-state index contributed by atoms with van der Waals surface area (Å²) in [6, 6.07) is 10.5. The van der Waals surface area contributed by atoms with Crippen molar-refractivity contribution in [2.24, 2.45) is 5.92 Å². The lowest BCUT2D eigenvalue weighted by molar-refractivity contribution is -0.117. The highest BCUT2D eigenvalue weighted by Crippen LogP contribution is 2.38. The van der Waals surface area contributed by atoms with E-state index in [0.29, 0.717) is 34.9 Å². The summed E-state index contributed by atoms with van der Waals surface area (Å²) in [5.74, 6) is -0.0998. The van der Waals surface area contributed by atoms with E-state index in [1.165, 1.54) is 14.2 Å². The minimum Gasteiger partial charge on any atom is -0.494 e. The van der Waals surface area contributed by atoms with Gasteiger partial charge in [-0.1, -0.05) is 18.2 Å². The number of ether oxygens (including phenoxy) is 1. The first kappa shape index (κ1) is 30.5. The zero-order valence-electron chi connectivity index (χ0n) is 24.8. The molecule has 1 fully saturated rings. The number of methoxy groups -OCH3 is 1. The number of pyridine rings is 1. The molecule has 228 valence electrons. The lowest BCUT2D eigenvalue weighted by Gasteiger charge is -2.17. The minimum atomic E-state index is -0.446. The fourth-order valence-corrected chi connectivity index (χ4v) is 5.45. The molecule has 1 aliphatic carbocycles. The number of amides is 3. The van der Waals surface area contributed by atoms with Crippen LogP contribution in [0.15, 0.2) is 48.8 Å². The molecular formula is C30H33N9O4S. The molecule has 0 radical (unpaired) electrons. The van der Waals surface area contributed by atoms with Crippen molar-refractivity contribution in [3.05, 3.63) is 70.1 Å². The third-order valence-electron chi connectivity index (χ3n) is 6.89. The molecule has 4 N–H and O–H groups in total. The molecule has 5 rings (SSSR count). The molecule has 3 heterocycles. The molecule has 0 unspecified atom stereocenters. The number of carbonyl (C=O) groups excluding carboxylic acids is 3. The Morgan fingerprint density at radius 2 is 1.86 bits per heavy atom. The first-order valence-electron chi connectivity index (χ1n) is 14.0. The molecule has 1 aliphatic rings. The zero-order valence-corrected chi connectivity index (χ0v) is 25.6. The second-order valence-corrected chi connectivity index (χ2v) is 11.4. The second kappa shape index (κ2) is 13.6. The molecule has 0 spiro atoms. The van der Waals surface area contributed by atoms with Crippen LogP contribution in [-0.4, -0.2) is 71.0 Å². The molecule has 0 aliphatic heterocycles. The number of nitrogens with zero attached hydrogens (tertiary/aromatic N) is 5. The van der Waals surface area contributed by atoms with Gasteiger partial charge in [-0.15, -0.1) is 21.5 Å². The fourth-order valence-electron chi connectivity index (χ4n) is 4.46. The Kier molecular flexibility index (Phi) is 9.41. The fraction of sp³-hybridized carbons (Fsp3) is 0.300. The molecule has 3 amide bonds. The third-order valence-corrected chi connectivity index (χ3v) is 7.87. The number of hydrogen-bond acceptors (Lipinski definition) is 11. The van der Waals surface area contributed by atoms with Crippen LogP contribution in [0.4, 0.5) is 17.2 Å². The Labute approximate surface area is 258 Å². The number of carbonyl (C=O) groups is 3. The molecule has 14 heteroatoms. The van der Waals surface area contributed by atoms with Crippen molar-refractivity contribution in [3.8, 4) is 16.9 Å². The topological polar surface area (TPSA) is 163 Å². The molecule has 0 saturated heterocycles. The van der Waals surface area contributed by atoms with E-state index in [1.807, 2.05) is 25.4 Å². The van der Waals surface area contributed by atoms with Crippen LogP contribution < -0.4 is 26.0 Å². The van der Waals surface area contributed by atoms with Gasteiger partial charge in [0.25, 0.3) is 11.8 Å². The number of benzene rings is 1. The van der Waals surface area contributed by atoms with E-state index < -0.39 is 5.91 Å². The number of anilines is 3. The maximum atomic E-state index is 13.1. The lowest BCUT2D eigenvalue weighted by atomic mass is 10.0. The Hall–Kier alpha value is -4.95. The van der Waals surface area contributed by atoms with Gasteiger partial charge < -0.3 is 30.9 Å². The van der Waals surface area contributed by atoms with Crippen LogP contribution >= 0.6 is 11.3 Å². The van der Waals surface area contributed by atoms with Crippen LogP contribution in [0.1, 0.15) is 43.7 Å². The molecule has 44 heavy (non-hydrogen) atoms. The van der Waals surface area contributed by atoms with Gasteiger partial charge >= 0.3 is 0 Å². The number of hydrogen-bond donors (Lipinski definition) is 4. The largest absolute Gasteiger partial charge is 0.494 e. The number of para-hydroxylation sites is 1. The van der Waals surface area contributed by atoms with Crippen LogP contribution in [0.2, 0.25) is 0 Å². The number of aromatic nitrogens is 4. The highest BCUT2D eigenvalue weighted by Gasteiger charge is 2.30. The average molecular weight is 616 g/mol. The van der Waals surface area contributed by atoms with Gasteiger partial charge in [0.1, 0.15) is 16.5 Å². The van der Waals surface area contributed by atoms with E-state index in [9.17, 15) is 14.4 Å². The summed E-state index contributed by atoms with van der Waals surface area (Å²) in [5, 5.41) is 20.6. The molecule has 13 nitrogen and oxygen atoms in total. The summed E-state index contributed by atoms with van der Waals surface area (Å²) in [5.41, 5.74) is 2.66. The van der Waals surface area contributed by atoms with Gasteiger partial charge in [0.2, 0.25) is 5.91 Å². The van der Waals surface area contributed by atoms with Crippen LogP contribution in [0, 0.1) is 5.92 Å². The van der Waals surface area contributed by atoms with Gasteiger partial charge in [-0.3, -0.25) is 19.4 Å². The third kappa shape index (κ3) is 6.98. The van der Waals surface area contributed by atoms with Crippen molar-refractivity contribution < 1.29 is 19.1 Å². The monoisotopic (exact) mass is 615 g/mol. The summed E-state index contributed by atoms with van der Waals surface area (Å²) < 4.78 is 5.78. The smallest absolute Gasteiger partial charge is 0.273 e. The predicted molar refractivity (Wildman–Crippen MR) is 167 cm³/mol. The molecule has 1 saturated carbocycles. The maximum absolute atomic E-state index is 13.1. The van der Waals surface area contributed by atoms with Gasteiger partial charge in [-0.05, 0) is 32.0 Å². The van der Waals surface area contributed by atoms with Crippen LogP contribution in [0.25, 0.3) is 11.1 Å². The lowest BCUT2D eigenvalue weighted by Crippen LogP contribution is -2.26. The standard InChI is InChI=1S/C30H33N9O4S/c1-31-14-19-15-34-25(44-19)16-39(3)30(42)22-11-10-18(13-33-22)20-6-5-7-21(27(20)43-4)35-23-12-24(36-28(40)17-8-9-17)37-38-26(23)29(41)32-2/h5-7,10-13,15,17,31H,8-9,14,16H2,1-4H3,(H,32,41)(H2,35,36,37,40). The zero-order chi connectivity index (χ0) is 31.2. The number of thiazole rings is 1. The molecule has 0 atom stereocenters. The van der Waals surface area contributed by atoms with Crippen molar-refractivity contribution in [2.75, 3.05) is 38.9 Å². The predicted octanol–water partition coefficient (Wildman–Crippen LogP) is 3.45. The van der Waals surface area contributed by atoms with Gasteiger partial charge in [-0.25, -0.2) is 4.98 Å². The number of nitrogens with one attached hydrogen (secondary N) is 4. The first-order valence-corrected chi connectivity index (χ1v) is 14.8. The molecule has 4 aromatic rings. The minimum absolute atomic E-state index is 0.0196. The van der Waals surface area contributed by atoms with E-state index >= 15 is 0 Å². The summed E-state index contributed by atoms with van der Waals surface area (Å²) >= 11 is 1.56. The summed E-state index contributed by atoms with van der Waals surface area (Å²) in [6.07, 6.45) is 5.12. The molecule has 1 aromatic carbocycles. The van der Waals surface area contributed by atoms with Crippen molar-refractivity contribution in [3.63, 3.8) is 0 Å². The normalized spacial score (nSPS) is 12.4. The van der Waals surface area contributed by atoms with Crippen LogP contribution in [0.5, 0.6) is 5.75 Å². The highest BCUT2D eigenvalue weighted by atomic mass is 32.1. The van der Waals surface area contributed by atoms with Crippen LogP contribution in [-0.2, 0) is 17.9 Å². The van der Waals surface area contributed by atoms with Crippen molar-refractivity contribution in [1.82, 2.24) is 35.7 Å². The van der Waals surface area contributed by atoms with Crippen LogP contribution in [0.3, 0.4) is 0 Å². The summed E-state index contributed by atoms with van der Waals surface area (Å²) in [6.45, 7) is 1.11. The maximum Gasteiger partial charge on any atom is 0.273 e. The van der Waals surface area contributed by atoms with Gasteiger partial charge in [0.15, 0.2) is 11.5 Å². The van der Waals surface area contributed by atoms with E-state index in [1.54, 1.807) is 53.7 Å². The van der Waals surface area contributed by atoms with Crippen molar-refractivity contribution in [1.29, 1.82) is 0 Å². The Balaban J connectivity index is 1.36. The Bertz CT molecular complexity index is 1670. The first-order chi connectivity index (χ1) is 21.3. The molecular weight excluding hydrogens is 582 g/mol. The van der Waals surface area contributed by atoms with Gasteiger partial charge in [0.05, 0.1) is 25.0 Å². The molecule has 0 bridgehead atoms. The van der Waals surface area contributed by atoms with Gasteiger partial charge in [-0.2, -0.15) is 0 Å². The Morgan fingerprint density at radius 3 is 2.55 bits per heavy atom. The molecule has 3 aromatic heterocycles. The van der Waals surface area contributed by atoms with E-state index in [-0.39, 0.29) is 29.2 Å². The highest BCUT2D eigenvalue weighted by molar-refractivity contribution is 7.11. The summed E-state index contributed by atoms with van der Waals surface area (Å²) in [4.78, 5) is 49.5. The summed E-state index contributed by atoms with van der Waals surface area (Å²) in [7, 11) is 6.63. The van der Waals surface area contributed by atoms with E-state index in [2.05, 4.69) is 41.4 Å². The SMILES string of the molecule is CNCc1cnc(CN(C)C(=O)c2ccc(-c3cccc(Nc4cc(NC(=O)C5CC5)nnc4C(=O)NC)c3OC)cn2)s1. The average Bonchev–Trinajstić information content (AvgIpc) is 3.81. The van der Waals surface area contributed by atoms with Gasteiger partial charge in [0, 0.05) is 61.0 Å². The number of rotatable bonds is 12. The van der Waals surface area contributed by atoms with E-state index in [0.717, 1.165) is 34.8 Å². The van der Waals surface area contributed by atoms with E-state index in [4.69, 9.17) is 4.74 Å². The van der Waals surface area contributed by atoms with Crippen molar-refractivity contribution >= 4 is 46.3 Å².